The molecule has 25 heavy (non-hydrogen) atoms. The number of hydrogen-bond acceptors (Lipinski definition) is 5. The summed E-state index contributed by atoms with van der Waals surface area (Å²) in [4.78, 5) is 23.9. The van der Waals surface area contributed by atoms with Crippen molar-refractivity contribution in [3.8, 4) is 0 Å². The second-order valence-corrected chi connectivity index (χ2v) is 5.83. The summed E-state index contributed by atoms with van der Waals surface area (Å²) in [6.07, 6.45) is -0.0478. The van der Waals surface area contributed by atoms with Crippen LogP contribution >= 0.6 is 0 Å². The van der Waals surface area contributed by atoms with Gasteiger partial charge >= 0.3 is 5.97 Å². The Hall–Kier alpha value is -3.15. The zero-order valence-electron chi connectivity index (χ0n) is 14.0. The van der Waals surface area contributed by atoms with E-state index in [1.165, 1.54) is 0 Å². The van der Waals surface area contributed by atoms with Crippen molar-refractivity contribution in [2.45, 2.75) is 20.3 Å². The molecule has 0 unspecified atom stereocenters. The third-order valence-corrected chi connectivity index (χ3v) is 3.78. The lowest BCUT2D eigenvalue weighted by Gasteiger charge is -2.09. The number of aromatic nitrogens is 1. The van der Waals surface area contributed by atoms with Gasteiger partial charge in [-0.1, -0.05) is 35.0 Å². The number of nitrogens with one attached hydrogen (secondary N) is 1. The number of carbonyl (C=O) groups is 2. The molecule has 0 bridgehead atoms. The normalized spacial score (nSPS) is 10.6. The molecule has 2 aromatic carbocycles. The second kappa shape index (κ2) is 7.17. The molecule has 0 fully saturated rings. The van der Waals surface area contributed by atoms with Gasteiger partial charge in [0.05, 0.1) is 6.42 Å². The Morgan fingerprint density at radius 2 is 1.96 bits per heavy atom. The summed E-state index contributed by atoms with van der Waals surface area (Å²) in [5, 5.41) is 7.37. The smallest absolute Gasteiger partial charge is 0.312 e. The van der Waals surface area contributed by atoms with Crippen molar-refractivity contribution in [1.82, 2.24) is 5.16 Å². The van der Waals surface area contributed by atoms with Crippen molar-refractivity contribution >= 4 is 28.5 Å². The molecule has 6 nitrogen and oxygen atoms in total. The predicted molar refractivity (Wildman–Crippen MR) is 93.2 cm³/mol. The number of nitrogens with zero attached hydrogens (tertiary/aromatic N) is 1. The van der Waals surface area contributed by atoms with E-state index in [1.54, 1.807) is 6.07 Å². The molecule has 1 N–H and O–H groups in total. The van der Waals surface area contributed by atoms with Crippen molar-refractivity contribution in [1.29, 1.82) is 0 Å². The van der Waals surface area contributed by atoms with Crippen LogP contribution in [0.15, 0.2) is 47.0 Å². The van der Waals surface area contributed by atoms with Gasteiger partial charge in [0.15, 0.2) is 12.2 Å². The zero-order chi connectivity index (χ0) is 17.8. The maximum Gasteiger partial charge on any atom is 0.312 e. The minimum absolute atomic E-state index is 0.0478. The Kier molecular flexibility index (Phi) is 4.79. The molecule has 0 spiro atoms. The number of hydrogen-bond donors (Lipinski definition) is 1. The van der Waals surface area contributed by atoms with Crippen LogP contribution in [0.4, 0.5) is 5.69 Å². The van der Waals surface area contributed by atoms with Gasteiger partial charge in [-0.3, -0.25) is 9.59 Å². The zero-order valence-corrected chi connectivity index (χ0v) is 14.0. The van der Waals surface area contributed by atoms with Gasteiger partial charge in [0.1, 0.15) is 5.69 Å². The van der Waals surface area contributed by atoms with E-state index < -0.39 is 5.97 Å². The first-order valence-electron chi connectivity index (χ1n) is 7.89. The highest BCUT2D eigenvalue weighted by Gasteiger charge is 2.14. The summed E-state index contributed by atoms with van der Waals surface area (Å²) in [6.45, 7) is 3.54. The highest BCUT2D eigenvalue weighted by atomic mass is 16.5. The van der Waals surface area contributed by atoms with Gasteiger partial charge in [-0.2, -0.15) is 0 Å². The lowest BCUT2D eigenvalue weighted by Crippen LogP contribution is -2.22. The molecule has 0 aliphatic heterocycles. The van der Waals surface area contributed by atoms with Crippen molar-refractivity contribution in [3.05, 3.63) is 59.3 Å². The molecule has 0 saturated heterocycles. The first-order chi connectivity index (χ1) is 12.0. The van der Waals surface area contributed by atoms with Crippen LogP contribution < -0.4 is 5.32 Å². The monoisotopic (exact) mass is 338 g/mol. The van der Waals surface area contributed by atoms with Crippen LogP contribution in [0, 0.1) is 13.8 Å². The third kappa shape index (κ3) is 4.03. The number of aryl methyl sites for hydroxylation is 2. The van der Waals surface area contributed by atoms with Gasteiger partial charge < -0.3 is 14.6 Å². The number of ether oxygens (including phenoxy) is 1. The first-order valence-corrected chi connectivity index (χ1v) is 7.89. The van der Waals surface area contributed by atoms with Crippen LogP contribution in [-0.4, -0.2) is 23.6 Å². The van der Waals surface area contributed by atoms with Crippen molar-refractivity contribution in [2.24, 2.45) is 0 Å². The fraction of sp³-hybridized carbons (Fsp3) is 0.211. The summed E-state index contributed by atoms with van der Waals surface area (Å²) in [7, 11) is 0. The quantitative estimate of drug-likeness (QED) is 0.723. The summed E-state index contributed by atoms with van der Waals surface area (Å²) >= 11 is 0. The fourth-order valence-corrected chi connectivity index (χ4v) is 2.54. The van der Waals surface area contributed by atoms with Gasteiger partial charge in [-0.25, -0.2) is 0 Å². The van der Waals surface area contributed by atoms with Gasteiger partial charge in [0.25, 0.3) is 5.91 Å². The molecule has 128 valence electrons. The van der Waals surface area contributed by atoms with Gasteiger partial charge in [0.2, 0.25) is 0 Å². The number of benzene rings is 2. The van der Waals surface area contributed by atoms with Crippen LogP contribution in [0.25, 0.3) is 11.0 Å². The van der Waals surface area contributed by atoms with Crippen molar-refractivity contribution < 1.29 is 18.8 Å². The van der Waals surface area contributed by atoms with Crippen LogP contribution in [0.3, 0.4) is 0 Å². The number of fused-ring (bicyclic) bond motifs is 1. The second-order valence-electron chi connectivity index (χ2n) is 5.83. The Morgan fingerprint density at radius 1 is 1.16 bits per heavy atom. The van der Waals surface area contributed by atoms with E-state index in [9.17, 15) is 9.59 Å². The predicted octanol–water partition coefficient (Wildman–Crippen LogP) is 3.17. The Bertz CT molecular complexity index is 930. The Balaban J connectivity index is 1.54. The molecule has 0 aliphatic rings. The maximum absolute atomic E-state index is 11.9. The number of anilines is 1. The molecule has 1 aromatic heterocycles. The molecular formula is C19H18N2O4. The van der Waals surface area contributed by atoms with Crippen LogP contribution in [0.5, 0.6) is 0 Å². The van der Waals surface area contributed by atoms with E-state index in [-0.39, 0.29) is 18.9 Å². The van der Waals surface area contributed by atoms with E-state index in [0.29, 0.717) is 17.0 Å². The van der Waals surface area contributed by atoms with E-state index in [4.69, 9.17) is 9.26 Å². The number of para-hydroxylation sites is 1. The Labute approximate surface area is 144 Å². The van der Waals surface area contributed by atoms with E-state index in [1.807, 2.05) is 50.2 Å². The SMILES string of the molecule is Cc1ccc(NC(=O)COC(=O)Cc2noc3ccccc23)c(C)c1. The van der Waals surface area contributed by atoms with Crippen LogP contribution in [-0.2, 0) is 20.7 Å². The van der Waals surface area contributed by atoms with Crippen molar-refractivity contribution in [3.63, 3.8) is 0 Å². The van der Waals surface area contributed by atoms with Gasteiger partial charge in [-0.05, 0) is 37.6 Å². The van der Waals surface area contributed by atoms with Crippen LogP contribution in [0.1, 0.15) is 16.8 Å². The van der Waals surface area contributed by atoms with E-state index >= 15 is 0 Å². The lowest BCUT2D eigenvalue weighted by molar-refractivity contribution is -0.146. The molecule has 1 heterocycles. The van der Waals surface area contributed by atoms with Gasteiger partial charge in [0, 0.05) is 11.1 Å². The summed E-state index contributed by atoms with van der Waals surface area (Å²) in [5.41, 5.74) is 3.87. The van der Waals surface area contributed by atoms with E-state index in [0.717, 1.165) is 16.5 Å². The molecule has 3 aromatic rings. The average Bonchev–Trinajstić information content (AvgIpc) is 2.99. The molecule has 0 radical (unpaired) electrons. The van der Waals surface area contributed by atoms with E-state index in [2.05, 4.69) is 10.5 Å². The number of esters is 1. The fourth-order valence-electron chi connectivity index (χ4n) is 2.54. The largest absolute Gasteiger partial charge is 0.455 e. The minimum Gasteiger partial charge on any atom is -0.455 e. The van der Waals surface area contributed by atoms with Crippen molar-refractivity contribution in [2.75, 3.05) is 11.9 Å². The number of amides is 1. The summed E-state index contributed by atoms with van der Waals surface area (Å²) in [6, 6.07) is 13.0. The first kappa shape index (κ1) is 16.7. The molecular weight excluding hydrogens is 320 g/mol. The topological polar surface area (TPSA) is 81.4 Å². The highest BCUT2D eigenvalue weighted by molar-refractivity contribution is 5.93. The van der Waals surface area contributed by atoms with Crippen LogP contribution in [0.2, 0.25) is 0 Å². The molecule has 0 aliphatic carbocycles. The average molecular weight is 338 g/mol. The third-order valence-electron chi connectivity index (χ3n) is 3.78. The lowest BCUT2D eigenvalue weighted by atomic mass is 10.1. The highest BCUT2D eigenvalue weighted by Crippen LogP contribution is 2.18. The maximum atomic E-state index is 11.9. The Morgan fingerprint density at radius 3 is 2.76 bits per heavy atom. The molecule has 3 rings (SSSR count). The number of rotatable bonds is 5. The molecule has 0 atom stereocenters. The van der Waals surface area contributed by atoms with Gasteiger partial charge in [-0.15, -0.1) is 0 Å². The number of carbonyl (C=O) groups excluding carboxylic acids is 2. The summed E-state index contributed by atoms with van der Waals surface area (Å²) < 4.78 is 10.2. The summed E-state index contributed by atoms with van der Waals surface area (Å²) in [5.74, 6) is -0.917. The minimum atomic E-state index is -0.533. The molecule has 1 amide bonds. The standard InChI is InChI=1S/C19H18N2O4/c1-12-7-8-15(13(2)9-12)20-18(22)11-24-19(23)10-16-14-5-3-4-6-17(14)25-21-16/h3-9H,10-11H2,1-2H3,(H,20,22). The molecule has 6 heteroatoms. The molecule has 0 saturated carbocycles.